The van der Waals surface area contributed by atoms with Crippen molar-refractivity contribution in [3.05, 3.63) is 18.2 Å². The Morgan fingerprint density at radius 2 is 2.39 bits per heavy atom. The Labute approximate surface area is 109 Å². The van der Waals surface area contributed by atoms with Gasteiger partial charge in [0.25, 0.3) is 0 Å². The number of hydrogen-bond donors (Lipinski definition) is 2. The molecule has 0 radical (unpaired) electrons. The zero-order valence-electron chi connectivity index (χ0n) is 9.97. The Morgan fingerprint density at radius 1 is 1.56 bits per heavy atom. The first-order valence-electron chi connectivity index (χ1n) is 5.66. The highest BCUT2D eigenvalue weighted by molar-refractivity contribution is 7.99. The molecule has 0 aliphatic heterocycles. The van der Waals surface area contributed by atoms with Crippen molar-refractivity contribution < 1.29 is 14.6 Å². The van der Waals surface area contributed by atoms with Crippen molar-refractivity contribution >= 4 is 28.8 Å². The number of nitrogens with zero attached hydrogens (tertiary/aromatic N) is 1. The Hall–Kier alpha value is -1.69. The average Bonchev–Trinajstić information content (AvgIpc) is 2.71. The van der Waals surface area contributed by atoms with Crippen LogP contribution in [0.15, 0.2) is 23.4 Å². The molecule has 1 aromatic heterocycles. The number of phenols is 1. The van der Waals surface area contributed by atoms with Crippen LogP contribution in [0.4, 0.5) is 0 Å². The van der Waals surface area contributed by atoms with Gasteiger partial charge < -0.3 is 14.8 Å². The number of nitrogens with one attached hydrogen (secondary N) is 1. The summed E-state index contributed by atoms with van der Waals surface area (Å²) in [4.78, 5) is 18.6. The maximum absolute atomic E-state index is 11.2. The number of rotatable bonds is 5. The zero-order valence-corrected chi connectivity index (χ0v) is 10.8. The van der Waals surface area contributed by atoms with Gasteiger partial charge >= 0.3 is 5.97 Å². The number of aromatic amines is 1. The summed E-state index contributed by atoms with van der Waals surface area (Å²) < 4.78 is 4.84. The molecule has 18 heavy (non-hydrogen) atoms. The summed E-state index contributed by atoms with van der Waals surface area (Å²) in [5.41, 5.74) is 1.58. The fourth-order valence-electron chi connectivity index (χ4n) is 1.51. The van der Waals surface area contributed by atoms with Gasteiger partial charge in [-0.15, -0.1) is 0 Å². The van der Waals surface area contributed by atoms with Crippen LogP contribution in [0.2, 0.25) is 0 Å². The maximum Gasteiger partial charge on any atom is 0.306 e. The fourth-order valence-corrected chi connectivity index (χ4v) is 2.31. The molecule has 1 aromatic carbocycles. The maximum atomic E-state index is 11.2. The van der Waals surface area contributed by atoms with Gasteiger partial charge in [-0.3, -0.25) is 4.79 Å². The second-order valence-corrected chi connectivity index (χ2v) is 4.73. The first kappa shape index (κ1) is 12.8. The number of imidazole rings is 1. The van der Waals surface area contributed by atoms with Crippen LogP contribution in [-0.4, -0.2) is 33.4 Å². The van der Waals surface area contributed by atoms with Crippen molar-refractivity contribution in [3.8, 4) is 5.75 Å². The van der Waals surface area contributed by atoms with Crippen LogP contribution < -0.4 is 0 Å². The molecule has 0 aliphatic carbocycles. The van der Waals surface area contributed by atoms with E-state index in [1.807, 2.05) is 0 Å². The van der Waals surface area contributed by atoms with E-state index in [0.29, 0.717) is 18.8 Å². The first-order chi connectivity index (χ1) is 8.69. The summed E-state index contributed by atoms with van der Waals surface area (Å²) >= 11 is 1.46. The zero-order chi connectivity index (χ0) is 13.0. The minimum Gasteiger partial charge on any atom is -0.508 e. The van der Waals surface area contributed by atoms with Gasteiger partial charge in [0.1, 0.15) is 5.75 Å². The van der Waals surface area contributed by atoms with E-state index in [4.69, 9.17) is 4.74 Å². The van der Waals surface area contributed by atoms with Crippen LogP contribution in [-0.2, 0) is 9.53 Å². The standard InChI is InChI=1S/C12H14N2O3S/c1-2-17-11(16)5-6-18-12-13-9-4-3-8(15)7-10(9)14-12/h3-4,7,15H,2,5-6H2,1H3,(H,13,14). The van der Waals surface area contributed by atoms with Gasteiger partial charge in [0.2, 0.25) is 0 Å². The van der Waals surface area contributed by atoms with Gasteiger partial charge in [-0.05, 0) is 19.1 Å². The molecule has 2 rings (SSSR count). The van der Waals surface area contributed by atoms with Gasteiger partial charge in [0.05, 0.1) is 24.1 Å². The molecule has 0 unspecified atom stereocenters. The van der Waals surface area contributed by atoms with Crippen molar-refractivity contribution in [3.63, 3.8) is 0 Å². The Morgan fingerprint density at radius 3 is 3.17 bits per heavy atom. The minimum atomic E-state index is -0.196. The van der Waals surface area contributed by atoms with E-state index in [9.17, 15) is 9.90 Å². The van der Waals surface area contributed by atoms with Crippen molar-refractivity contribution in [2.75, 3.05) is 12.4 Å². The molecular weight excluding hydrogens is 252 g/mol. The van der Waals surface area contributed by atoms with Crippen LogP contribution in [0.1, 0.15) is 13.3 Å². The molecule has 0 aliphatic rings. The molecule has 0 fully saturated rings. The number of hydrogen-bond acceptors (Lipinski definition) is 5. The van der Waals surface area contributed by atoms with Crippen LogP contribution in [0.5, 0.6) is 5.75 Å². The Kier molecular flexibility index (Phi) is 4.09. The highest BCUT2D eigenvalue weighted by Gasteiger charge is 2.06. The van der Waals surface area contributed by atoms with Crippen molar-refractivity contribution in [1.82, 2.24) is 9.97 Å². The Balaban J connectivity index is 1.94. The highest BCUT2D eigenvalue weighted by atomic mass is 32.2. The SMILES string of the molecule is CCOC(=O)CCSc1nc2ccc(O)cc2[nH]1. The van der Waals surface area contributed by atoms with Crippen molar-refractivity contribution in [1.29, 1.82) is 0 Å². The molecule has 1 heterocycles. The number of carbonyl (C=O) groups excluding carboxylic acids is 1. The number of phenolic OH excluding ortho intramolecular Hbond substituents is 1. The lowest BCUT2D eigenvalue weighted by molar-refractivity contribution is -0.142. The summed E-state index contributed by atoms with van der Waals surface area (Å²) in [6, 6.07) is 4.96. The number of ether oxygens (including phenoxy) is 1. The summed E-state index contributed by atoms with van der Waals surface area (Å²) in [6.07, 6.45) is 0.362. The molecule has 0 saturated carbocycles. The molecule has 96 valence electrons. The molecule has 0 atom stereocenters. The molecule has 0 bridgehead atoms. The van der Waals surface area contributed by atoms with E-state index in [0.717, 1.165) is 16.2 Å². The first-order valence-corrected chi connectivity index (χ1v) is 6.64. The van der Waals surface area contributed by atoms with E-state index in [-0.39, 0.29) is 11.7 Å². The topological polar surface area (TPSA) is 75.2 Å². The fraction of sp³-hybridized carbons (Fsp3) is 0.333. The van der Waals surface area contributed by atoms with Crippen molar-refractivity contribution in [2.24, 2.45) is 0 Å². The molecule has 0 spiro atoms. The van der Waals surface area contributed by atoms with Gasteiger partial charge in [0.15, 0.2) is 5.16 Å². The lowest BCUT2D eigenvalue weighted by atomic mass is 10.3. The van der Waals surface area contributed by atoms with Gasteiger partial charge in [0, 0.05) is 11.8 Å². The van der Waals surface area contributed by atoms with Crippen LogP contribution in [0, 0.1) is 0 Å². The number of benzene rings is 1. The van der Waals surface area contributed by atoms with Crippen molar-refractivity contribution in [2.45, 2.75) is 18.5 Å². The second-order valence-electron chi connectivity index (χ2n) is 3.65. The average molecular weight is 266 g/mol. The monoisotopic (exact) mass is 266 g/mol. The lowest BCUT2D eigenvalue weighted by Gasteiger charge is -1.99. The molecule has 6 heteroatoms. The summed E-state index contributed by atoms with van der Waals surface area (Å²) in [6.45, 7) is 2.20. The number of aromatic nitrogens is 2. The van der Waals surface area contributed by atoms with E-state index < -0.39 is 0 Å². The van der Waals surface area contributed by atoms with Crippen LogP contribution in [0.25, 0.3) is 11.0 Å². The molecule has 2 aromatic rings. The number of H-pyrrole nitrogens is 1. The summed E-state index contributed by atoms with van der Waals surface area (Å²) in [5.74, 6) is 0.623. The normalized spacial score (nSPS) is 10.7. The minimum absolute atomic E-state index is 0.196. The summed E-state index contributed by atoms with van der Waals surface area (Å²) in [5, 5.41) is 10.1. The highest BCUT2D eigenvalue weighted by Crippen LogP contribution is 2.22. The molecular formula is C12H14N2O3S. The third-order valence-electron chi connectivity index (χ3n) is 2.29. The number of esters is 1. The quantitative estimate of drug-likeness (QED) is 0.641. The number of fused-ring (bicyclic) bond motifs is 1. The van der Waals surface area contributed by atoms with E-state index in [1.54, 1.807) is 25.1 Å². The lowest BCUT2D eigenvalue weighted by Crippen LogP contribution is -2.04. The van der Waals surface area contributed by atoms with Gasteiger partial charge in [-0.2, -0.15) is 0 Å². The Bertz CT molecular complexity index is 553. The van der Waals surface area contributed by atoms with E-state index in [2.05, 4.69) is 9.97 Å². The van der Waals surface area contributed by atoms with E-state index in [1.165, 1.54) is 11.8 Å². The molecule has 0 saturated heterocycles. The smallest absolute Gasteiger partial charge is 0.306 e. The molecule has 2 N–H and O–H groups in total. The number of carbonyl (C=O) groups is 1. The predicted molar refractivity (Wildman–Crippen MR) is 69.7 cm³/mol. The van der Waals surface area contributed by atoms with E-state index >= 15 is 0 Å². The number of thioether (sulfide) groups is 1. The van der Waals surface area contributed by atoms with Crippen LogP contribution >= 0.6 is 11.8 Å². The molecule has 5 nitrogen and oxygen atoms in total. The number of aromatic hydroxyl groups is 1. The third kappa shape index (κ3) is 3.16. The van der Waals surface area contributed by atoms with Crippen LogP contribution in [0.3, 0.4) is 0 Å². The van der Waals surface area contributed by atoms with Gasteiger partial charge in [-0.25, -0.2) is 4.98 Å². The third-order valence-corrected chi connectivity index (χ3v) is 3.17. The predicted octanol–water partition coefficient (Wildman–Crippen LogP) is 2.31. The molecule has 0 amide bonds. The largest absolute Gasteiger partial charge is 0.508 e. The van der Waals surface area contributed by atoms with Gasteiger partial charge in [-0.1, -0.05) is 11.8 Å². The second kappa shape index (κ2) is 5.77. The summed E-state index contributed by atoms with van der Waals surface area (Å²) in [7, 11) is 0.